The summed E-state index contributed by atoms with van der Waals surface area (Å²) in [5, 5.41) is 5.84. The molecule has 0 aliphatic rings. The Morgan fingerprint density at radius 3 is 2.31 bits per heavy atom. The SMILES string of the molecule is Cc1ccc(C)c(NC(=O)CSCc2ccc(C(=O)Nc3ccccc3)cc2)c1. The molecule has 0 aromatic heterocycles. The van der Waals surface area contributed by atoms with Gasteiger partial charge in [-0.1, -0.05) is 42.5 Å². The number of aryl methyl sites for hydroxylation is 2. The van der Waals surface area contributed by atoms with E-state index in [0.717, 1.165) is 28.1 Å². The van der Waals surface area contributed by atoms with Gasteiger partial charge in [0.05, 0.1) is 5.75 Å². The molecule has 0 spiro atoms. The summed E-state index contributed by atoms with van der Waals surface area (Å²) in [6.45, 7) is 3.99. The van der Waals surface area contributed by atoms with Gasteiger partial charge >= 0.3 is 0 Å². The Balaban J connectivity index is 1.47. The number of nitrogens with one attached hydrogen (secondary N) is 2. The minimum absolute atomic E-state index is 0.0115. The Bertz CT molecular complexity index is 986. The Morgan fingerprint density at radius 1 is 0.862 bits per heavy atom. The fraction of sp³-hybridized carbons (Fsp3) is 0.167. The molecule has 3 rings (SSSR count). The van der Waals surface area contributed by atoms with Crippen LogP contribution >= 0.6 is 11.8 Å². The van der Waals surface area contributed by atoms with Crippen LogP contribution in [-0.2, 0) is 10.5 Å². The van der Waals surface area contributed by atoms with Crippen LogP contribution < -0.4 is 10.6 Å². The van der Waals surface area contributed by atoms with E-state index in [9.17, 15) is 9.59 Å². The topological polar surface area (TPSA) is 58.2 Å². The van der Waals surface area contributed by atoms with Crippen LogP contribution in [0.4, 0.5) is 11.4 Å². The maximum Gasteiger partial charge on any atom is 0.255 e. The van der Waals surface area contributed by atoms with Crippen molar-refractivity contribution in [1.82, 2.24) is 0 Å². The zero-order chi connectivity index (χ0) is 20.6. The number of benzene rings is 3. The van der Waals surface area contributed by atoms with Gasteiger partial charge in [0.1, 0.15) is 0 Å². The molecular weight excluding hydrogens is 380 g/mol. The van der Waals surface area contributed by atoms with Gasteiger partial charge in [0, 0.05) is 22.7 Å². The number of anilines is 2. The molecule has 3 aromatic carbocycles. The minimum atomic E-state index is -0.136. The molecule has 3 aromatic rings. The second-order valence-electron chi connectivity index (χ2n) is 6.88. The van der Waals surface area contributed by atoms with E-state index in [2.05, 4.69) is 10.6 Å². The second kappa shape index (κ2) is 9.94. The predicted octanol–water partition coefficient (Wildman–Crippen LogP) is 5.43. The first kappa shape index (κ1) is 20.7. The van der Waals surface area contributed by atoms with Crippen LogP contribution in [0.25, 0.3) is 0 Å². The molecule has 0 saturated heterocycles. The highest BCUT2D eigenvalue weighted by molar-refractivity contribution is 7.99. The van der Waals surface area contributed by atoms with Gasteiger partial charge in [0.15, 0.2) is 0 Å². The molecule has 4 nitrogen and oxygen atoms in total. The van der Waals surface area contributed by atoms with Crippen LogP contribution in [0.1, 0.15) is 27.0 Å². The van der Waals surface area contributed by atoms with Crippen molar-refractivity contribution in [2.75, 3.05) is 16.4 Å². The summed E-state index contributed by atoms with van der Waals surface area (Å²) >= 11 is 1.55. The number of rotatable bonds is 7. The molecule has 2 amide bonds. The van der Waals surface area contributed by atoms with Crippen molar-refractivity contribution in [2.24, 2.45) is 0 Å². The number of carbonyl (C=O) groups excluding carboxylic acids is 2. The van der Waals surface area contributed by atoms with Crippen LogP contribution in [0.15, 0.2) is 72.8 Å². The third-order valence-electron chi connectivity index (χ3n) is 4.42. The van der Waals surface area contributed by atoms with Crippen molar-refractivity contribution in [3.63, 3.8) is 0 Å². The van der Waals surface area contributed by atoms with E-state index in [0.29, 0.717) is 17.1 Å². The summed E-state index contributed by atoms with van der Waals surface area (Å²) in [7, 11) is 0. The minimum Gasteiger partial charge on any atom is -0.325 e. The zero-order valence-electron chi connectivity index (χ0n) is 16.6. The first-order valence-electron chi connectivity index (χ1n) is 9.41. The molecule has 0 fully saturated rings. The molecule has 0 atom stereocenters. The average molecular weight is 405 g/mol. The van der Waals surface area contributed by atoms with E-state index < -0.39 is 0 Å². The normalized spacial score (nSPS) is 10.4. The molecule has 0 saturated carbocycles. The van der Waals surface area contributed by atoms with Gasteiger partial charge in [-0.2, -0.15) is 0 Å². The Morgan fingerprint density at radius 2 is 1.59 bits per heavy atom. The third-order valence-corrected chi connectivity index (χ3v) is 5.42. The summed E-state index contributed by atoms with van der Waals surface area (Å²) in [6.07, 6.45) is 0. The fourth-order valence-corrected chi connectivity index (χ4v) is 3.58. The maximum absolute atomic E-state index is 12.3. The van der Waals surface area contributed by atoms with Crippen LogP contribution in [0.3, 0.4) is 0 Å². The monoisotopic (exact) mass is 404 g/mol. The van der Waals surface area contributed by atoms with Gasteiger partial charge in [0.25, 0.3) is 5.91 Å². The quantitative estimate of drug-likeness (QED) is 0.552. The van der Waals surface area contributed by atoms with Crippen LogP contribution in [0.2, 0.25) is 0 Å². The third kappa shape index (κ3) is 6.22. The van der Waals surface area contributed by atoms with Gasteiger partial charge in [-0.15, -0.1) is 11.8 Å². The zero-order valence-corrected chi connectivity index (χ0v) is 17.4. The molecule has 0 unspecified atom stereocenters. The highest BCUT2D eigenvalue weighted by Gasteiger charge is 2.08. The molecule has 5 heteroatoms. The number of thioether (sulfide) groups is 1. The first-order valence-corrected chi connectivity index (χ1v) is 10.6. The van der Waals surface area contributed by atoms with E-state index in [1.807, 2.05) is 86.6 Å². The van der Waals surface area contributed by atoms with Crippen molar-refractivity contribution in [3.8, 4) is 0 Å². The molecule has 0 bridgehead atoms. The lowest BCUT2D eigenvalue weighted by atomic mass is 10.1. The predicted molar refractivity (Wildman–Crippen MR) is 122 cm³/mol. The van der Waals surface area contributed by atoms with Crippen LogP contribution in [-0.4, -0.2) is 17.6 Å². The van der Waals surface area contributed by atoms with E-state index in [-0.39, 0.29) is 11.8 Å². The smallest absolute Gasteiger partial charge is 0.255 e. The molecule has 29 heavy (non-hydrogen) atoms. The highest BCUT2D eigenvalue weighted by Crippen LogP contribution is 2.18. The molecule has 2 N–H and O–H groups in total. The summed E-state index contributed by atoms with van der Waals surface area (Å²) in [4.78, 5) is 24.5. The lowest BCUT2D eigenvalue weighted by Crippen LogP contribution is -2.15. The summed E-state index contributed by atoms with van der Waals surface area (Å²) in [6, 6.07) is 22.9. The van der Waals surface area contributed by atoms with E-state index in [1.165, 1.54) is 0 Å². The number of carbonyl (C=O) groups is 2. The molecule has 148 valence electrons. The molecule has 0 radical (unpaired) electrons. The molecule has 0 aliphatic heterocycles. The Kier molecular flexibility index (Phi) is 7.09. The van der Waals surface area contributed by atoms with Crippen molar-refractivity contribution >= 4 is 35.0 Å². The lowest BCUT2D eigenvalue weighted by molar-refractivity contribution is -0.113. The van der Waals surface area contributed by atoms with Gasteiger partial charge in [-0.25, -0.2) is 0 Å². The second-order valence-corrected chi connectivity index (χ2v) is 7.86. The van der Waals surface area contributed by atoms with Crippen molar-refractivity contribution in [1.29, 1.82) is 0 Å². The molecule has 0 heterocycles. The number of amides is 2. The van der Waals surface area contributed by atoms with Crippen molar-refractivity contribution < 1.29 is 9.59 Å². The van der Waals surface area contributed by atoms with Gasteiger partial charge in [-0.05, 0) is 60.9 Å². The number of hydrogen-bond donors (Lipinski definition) is 2. The standard InChI is InChI=1S/C24H24N2O2S/c1-17-8-9-18(2)22(14-17)26-23(27)16-29-15-19-10-12-20(13-11-19)24(28)25-21-6-4-3-5-7-21/h3-14H,15-16H2,1-2H3,(H,25,28)(H,26,27). The number of para-hydroxylation sites is 1. The average Bonchev–Trinajstić information content (AvgIpc) is 2.72. The van der Waals surface area contributed by atoms with Crippen LogP contribution in [0, 0.1) is 13.8 Å². The maximum atomic E-state index is 12.3. The molecular formula is C24H24N2O2S. The van der Waals surface area contributed by atoms with Crippen molar-refractivity contribution in [2.45, 2.75) is 19.6 Å². The summed E-state index contributed by atoms with van der Waals surface area (Å²) in [5.41, 5.74) is 5.49. The van der Waals surface area contributed by atoms with Crippen molar-refractivity contribution in [3.05, 3.63) is 95.1 Å². The van der Waals surface area contributed by atoms with Gasteiger partial charge in [-0.3, -0.25) is 9.59 Å². The summed E-state index contributed by atoms with van der Waals surface area (Å²) < 4.78 is 0. The lowest BCUT2D eigenvalue weighted by Gasteiger charge is -2.09. The number of hydrogen-bond acceptors (Lipinski definition) is 3. The molecule has 0 aliphatic carbocycles. The first-order chi connectivity index (χ1) is 14.0. The Labute approximate surface area is 175 Å². The Hall–Kier alpha value is -3.05. The van der Waals surface area contributed by atoms with Crippen LogP contribution in [0.5, 0.6) is 0 Å². The van der Waals surface area contributed by atoms with Gasteiger partial charge < -0.3 is 10.6 Å². The highest BCUT2D eigenvalue weighted by atomic mass is 32.2. The summed E-state index contributed by atoms with van der Waals surface area (Å²) in [5.74, 6) is 0.940. The van der Waals surface area contributed by atoms with E-state index in [1.54, 1.807) is 11.8 Å². The van der Waals surface area contributed by atoms with Gasteiger partial charge in [0.2, 0.25) is 5.91 Å². The fourth-order valence-electron chi connectivity index (χ4n) is 2.80. The van der Waals surface area contributed by atoms with E-state index >= 15 is 0 Å². The largest absolute Gasteiger partial charge is 0.325 e. The van der Waals surface area contributed by atoms with E-state index in [4.69, 9.17) is 0 Å².